The fraction of sp³-hybridized carbons (Fsp3) is 1.00. The molecule has 3 saturated heterocycles. The average Bonchev–Trinajstić information content (AvgIpc) is 3.41. The Kier molecular flexibility index (Phi) is 7.50. The smallest absolute Gasteiger partial charge is 0.268 e. The molecule has 3 rings (SSSR count). The Bertz CT molecular complexity index is 827. The molecule has 3 heterocycles. The molecule has 6 unspecified atom stereocenters. The summed E-state index contributed by atoms with van der Waals surface area (Å²) in [6.07, 6.45) is -0.709. The van der Waals surface area contributed by atoms with Gasteiger partial charge in [-0.05, 0) is 25.7 Å². The molecule has 9 nitrogen and oxygen atoms in total. The molecule has 0 aromatic carbocycles. The average molecular weight is 543 g/mol. The summed E-state index contributed by atoms with van der Waals surface area (Å²) in [4.78, 5) is 0. The van der Waals surface area contributed by atoms with Gasteiger partial charge in [0.1, 0.15) is 0 Å². The van der Waals surface area contributed by atoms with Crippen LogP contribution in [0.5, 0.6) is 0 Å². The second-order valence-electron chi connectivity index (χ2n) is 8.05. The molecule has 0 bridgehead atoms. The normalized spacial score (nSPS) is 31.4. The first-order valence-corrected chi connectivity index (χ1v) is 17.1. The fourth-order valence-corrected chi connectivity index (χ4v) is 11.5. The molecule has 3 fully saturated rings. The van der Waals surface area contributed by atoms with E-state index >= 15 is 0 Å². The zero-order valence-corrected chi connectivity index (χ0v) is 21.1. The zero-order chi connectivity index (χ0) is 22.5. The summed E-state index contributed by atoms with van der Waals surface area (Å²) in [5.74, 6) is 1.82. The molecule has 0 aliphatic carbocycles. The Balaban J connectivity index is 2.24. The molecular weight excluding hydrogens is 517 g/mol. The summed E-state index contributed by atoms with van der Waals surface area (Å²) >= 11 is 4.27. The third-order valence-electron chi connectivity index (χ3n) is 6.13. The van der Waals surface area contributed by atoms with E-state index in [1.807, 2.05) is 0 Å². The van der Waals surface area contributed by atoms with Crippen molar-refractivity contribution in [2.75, 3.05) is 17.3 Å². The highest BCUT2D eigenvalue weighted by atomic mass is 32.2. The maximum Gasteiger partial charge on any atom is 0.268 e. The van der Waals surface area contributed by atoms with Crippen LogP contribution in [0.1, 0.15) is 32.6 Å². The first kappa shape index (κ1) is 25.4. The number of rotatable bonds is 13. The summed E-state index contributed by atoms with van der Waals surface area (Å²) in [5.41, 5.74) is -2.09. The zero-order valence-electron chi connectivity index (χ0n) is 16.2. The molecule has 3 N–H and O–H groups in total. The monoisotopic (exact) mass is 542 g/mol. The SMILES string of the molecule is CCC(C(CC1CS1)S(=O)(=O)O)(C(CC1CS1)S(=O)(=O)O)C(CC1CS1)S(=O)(=O)O. The second-order valence-corrected chi connectivity index (χ2v) is 16.8. The first-order valence-electron chi connectivity index (χ1n) is 9.43. The summed E-state index contributed by atoms with van der Waals surface area (Å²) < 4.78 is 106. The van der Waals surface area contributed by atoms with Crippen LogP contribution in [0.25, 0.3) is 0 Å². The van der Waals surface area contributed by atoms with Crippen LogP contribution in [-0.4, -0.2) is 87.7 Å². The highest BCUT2D eigenvalue weighted by Gasteiger charge is 2.63. The van der Waals surface area contributed by atoms with Crippen molar-refractivity contribution >= 4 is 65.6 Å². The highest BCUT2D eigenvalue weighted by Crippen LogP contribution is 2.54. The van der Waals surface area contributed by atoms with Crippen molar-refractivity contribution < 1.29 is 38.9 Å². The third-order valence-corrected chi connectivity index (χ3v) is 13.2. The van der Waals surface area contributed by atoms with Gasteiger partial charge in [0.2, 0.25) is 0 Å². The Labute approximate surface area is 190 Å². The van der Waals surface area contributed by atoms with E-state index in [0.29, 0.717) is 17.3 Å². The summed E-state index contributed by atoms with van der Waals surface area (Å²) in [7, 11) is -14.7. The van der Waals surface area contributed by atoms with Crippen molar-refractivity contribution in [3.05, 3.63) is 0 Å². The second kappa shape index (κ2) is 8.85. The van der Waals surface area contributed by atoms with Gasteiger partial charge in [-0.25, -0.2) is 0 Å². The van der Waals surface area contributed by atoms with Crippen LogP contribution in [0.4, 0.5) is 0 Å². The van der Waals surface area contributed by atoms with E-state index in [4.69, 9.17) is 0 Å². The Morgan fingerprint density at radius 2 is 0.933 bits per heavy atom. The molecule has 0 aromatic rings. The topological polar surface area (TPSA) is 163 Å². The van der Waals surface area contributed by atoms with E-state index in [1.54, 1.807) is 0 Å². The van der Waals surface area contributed by atoms with Gasteiger partial charge in [0.05, 0.1) is 15.7 Å². The molecule has 0 radical (unpaired) electrons. The van der Waals surface area contributed by atoms with E-state index in [0.717, 1.165) is 0 Å². The van der Waals surface area contributed by atoms with Crippen LogP contribution >= 0.6 is 35.3 Å². The van der Waals surface area contributed by atoms with E-state index in [1.165, 1.54) is 42.2 Å². The predicted octanol–water partition coefficient (Wildman–Crippen LogP) is 1.67. The Morgan fingerprint density at radius 1 is 0.700 bits per heavy atom. The lowest BCUT2D eigenvalue weighted by atomic mass is 9.71. The van der Waals surface area contributed by atoms with Gasteiger partial charge in [-0.15, -0.1) is 0 Å². The van der Waals surface area contributed by atoms with Gasteiger partial charge in [-0.1, -0.05) is 6.92 Å². The minimum atomic E-state index is -4.91. The van der Waals surface area contributed by atoms with Crippen LogP contribution in [0.3, 0.4) is 0 Å². The molecule has 6 atom stereocenters. The quantitative estimate of drug-likeness (QED) is 0.228. The van der Waals surface area contributed by atoms with Gasteiger partial charge in [-0.3, -0.25) is 13.7 Å². The lowest BCUT2D eigenvalue weighted by Gasteiger charge is -2.47. The van der Waals surface area contributed by atoms with Crippen molar-refractivity contribution in [1.29, 1.82) is 0 Å². The minimum Gasteiger partial charge on any atom is -0.285 e. The van der Waals surface area contributed by atoms with Crippen LogP contribution < -0.4 is 0 Å². The summed E-state index contributed by atoms with van der Waals surface area (Å²) in [6, 6.07) is 0. The molecule has 15 heteroatoms. The van der Waals surface area contributed by atoms with Crippen molar-refractivity contribution in [2.45, 2.75) is 64.1 Å². The lowest BCUT2D eigenvalue weighted by molar-refractivity contribution is 0.188. The van der Waals surface area contributed by atoms with Crippen molar-refractivity contribution in [3.63, 3.8) is 0 Å². The molecule has 3 aliphatic heterocycles. The molecule has 3 aliphatic rings. The summed E-state index contributed by atoms with van der Waals surface area (Å²) in [5, 5.41) is -5.75. The first-order chi connectivity index (χ1) is 13.7. The van der Waals surface area contributed by atoms with E-state index in [2.05, 4.69) is 0 Å². The number of thioether (sulfide) groups is 3. The van der Waals surface area contributed by atoms with E-state index in [9.17, 15) is 38.9 Å². The Morgan fingerprint density at radius 3 is 1.07 bits per heavy atom. The van der Waals surface area contributed by atoms with Gasteiger partial charge < -0.3 is 0 Å². The van der Waals surface area contributed by atoms with Crippen LogP contribution in [0.2, 0.25) is 0 Å². The molecule has 176 valence electrons. The highest BCUT2D eigenvalue weighted by molar-refractivity contribution is 8.07. The van der Waals surface area contributed by atoms with Crippen molar-refractivity contribution in [2.24, 2.45) is 5.41 Å². The minimum absolute atomic E-state index is 0.148. The molecule has 0 saturated carbocycles. The lowest BCUT2D eigenvalue weighted by Crippen LogP contribution is -2.60. The molecule has 0 amide bonds. The number of hydrogen-bond donors (Lipinski definition) is 3. The molecule has 0 aromatic heterocycles. The number of hydrogen-bond acceptors (Lipinski definition) is 9. The van der Waals surface area contributed by atoms with Crippen molar-refractivity contribution in [1.82, 2.24) is 0 Å². The van der Waals surface area contributed by atoms with Gasteiger partial charge in [0.25, 0.3) is 30.4 Å². The predicted molar refractivity (Wildman–Crippen MR) is 121 cm³/mol. The molecule has 30 heavy (non-hydrogen) atoms. The van der Waals surface area contributed by atoms with Gasteiger partial charge in [0, 0.05) is 38.4 Å². The fourth-order valence-electron chi connectivity index (χ4n) is 4.49. The van der Waals surface area contributed by atoms with Gasteiger partial charge in [-0.2, -0.15) is 60.5 Å². The molecular formula is C15H26O9S6. The standard InChI is InChI=1S/C15H26O9S6/c1-2-15(12(28(16,17)18)3-9-6-25-9,13(29(19,20)21)4-10-7-26-10)14(30(22,23)24)5-11-8-27-11/h9-14H,2-8H2,1H3,(H,16,17,18)(H,19,20,21)(H,22,23,24). The third kappa shape index (κ3) is 6.01. The van der Waals surface area contributed by atoms with Gasteiger partial charge >= 0.3 is 0 Å². The summed E-state index contributed by atoms with van der Waals surface area (Å²) in [6.45, 7) is 1.45. The maximum atomic E-state index is 12.5. The van der Waals surface area contributed by atoms with Gasteiger partial charge in [0.15, 0.2) is 0 Å². The van der Waals surface area contributed by atoms with Crippen LogP contribution in [0.15, 0.2) is 0 Å². The van der Waals surface area contributed by atoms with E-state index in [-0.39, 0.29) is 41.4 Å². The maximum absolute atomic E-state index is 12.5. The largest absolute Gasteiger partial charge is 0.285 e. The molecule has 0 spiro atoms. The van der Waals surface area contributed by atoms with Crippen molar-refractivity contribution in [3.8, 4) is 0 Å². The van der Waals surface area contributed by atoms with E-state index < -0.39 is 51.5 Å². The Hall–Kier alpha value is 0.780. The van der Waals surface area contributed by atoms with Crippen LogP contribution in [0, 0.1) is 5.41 Å². The van der Waals surface area contributed by atoms with Crippen LogP contribution in [-0.2, 0) is 30.4 Å².